The van der Waals surface area contributed by atoms with Crippen LogP contribution < -0.4 is 4.74 Å². The second kappa shape index (κ2) is 18.3. The number of para-hydroxylation sites is 1. The molecule has 0 amide bonds. The fourth-order valence-electron chi connectivity index (χ4n) is 1.77. The second-order valence-corrected chi connectivity index (χ2v) is 5.03. The molecule has 1 aromatic heterocycles. The van der Waals surface area contributed by atoms with Crippen molar-refractivity contribution in [3.63, 3.8) is 0 Å². The number of rotatable bonds is 8. The molecule has 9 heteroatoms. The minimum atomic E-state index is -0.833. The van der Waals surface area contributed by atoms with Gasteiger partial charge >= 0.3 is 0 Å². The number of benzene rings is 1. The molecule has 1 aromatic carbocycles. The average molecular weight is 447 g/mol. The number of nitrogens with zero attached hydrogens (tertiary/aromatic N) is 1. The smallest absolute Gasteiger partial charge is 0.300 e. The topological polar surface area (TPSA) is 115 Å². The van der Waals surface area contributed by atoms with Gasteiger partial charge in [-0.05, 0) is 19.1 Å². The molecule has 0 fully saturated rings. The monoisotopic (exact) mass is 445 g/mol. The first-order chi connectivity index (χ1) is 12.9. The minimum Gasteiger partial charge on any atom is -0.489 e. The molecule has 1 heterocycles. The van der Waals surface area contributed by atoms with E-state index in [-0.39, 0.29) is 19.5 Å². The van der Waals surface area contributed by atoms with Crippen molar-refractivity contribution < 1.29 is 53.5 Å². The van der Waals surface area contributed by atoms with Gasteiger partial charge in [-0.25, -0.2) is 0 Å². The standard InChI is InChI=1S/C15H19NO3.2C2H4O2.Zn/c1-2-17-9-10-18-11-12-19-14-7-3-5-13-6-4-8-16-15(13)14;2*1-2(3)4;/h3-8H,2,9-12H2,1H3;2*1H3,(H,3,4);. The molecule has 0 unspecified atom stereocenters. The van der Waals surface area contributed by atoms with Crippen LogP contribution in [0, 0.1) is 0 Å². The van der Waals surface area contributed by atoms with Gasteiger partial charge in [0.25, 0.3) is 11.9 Å². The van der Waals surface area contributed by atoms with E-state index < -0.39 is 11.9 Å². The van der Waals surface area contributed by atoms with Gasteiger partial charge in [-0.1, -0.05) is 18.2 Å². The Balaban J connectivity index is 0. The number of carboxylic acid groups (broad SMARTS) is 2. The zero-order valence-electron chi connectivity index (χ0n) is 16.6. The van der Waals surface area contributed by atoms with Gasteiger partial charge in [0.05, 0.1) is 19.8 Å². The molecule has 0 bridgehead atoms. The molecule has 8 nitrogen and oxygen atoms in total. The van der Waals surface area contributed by atoms with Crippen LogP contribution in [0.5, 0.6) is 5.75 Å². The molecule has 152 valence electrons. The van der Waals surface area contributed by atoms with Crippen LogP contribution in [0.2, 0.25) is 0 Å². The third-order valence-corrected chi connectivity index (χ3v) is 2.66. The van der Waals surface area contributed by atoms with Crippen LogP contribution in [0.3, 0.4) is 0 Å². The summed E-state index contributed by atoms with van der Waals surface area (Å²) in [6.45, 7) is 7.16. The van der Waals surface area contributed by atoms with Gasteiger partial charge in [-0.3, -0.25) is 14.6 Å². The number of ether oxygens (including phenoxy) is 3. The van der Waals surface area contributed by atoms with E-state index in [1.807, 2.05) is 37.3 Å². The average Bonchev–Trinajstić information content (AvgIpc) is 2.60. The SMILES string of the molecule is CC(=O)O.CC(=O)O.CCOCCOCCOc1cccc2cccnc12.[Zn]. The summed E-state index contributed by atoms with van der Waals surface area (Å²) in [4.78, 5) is 22.3. The maximum atomic E-state index is 9.00. The van der Waals surface area contributed by atoms with Crippen LogP contribution in [-0.4, -0.2) is 60.2 Å². The van der Waals surface area contributed by atoms with E-state index in [1.165, 1.54) is 0 Å². The van der Waals surface area contributed by atoms with E-state index >= 15 is 0 Å². The summed E-state index contributed by atoms with van der Waals surface area (Å²) in [6, 6.07) is 9.86. The van der Waals surface area contributed by atoms with Crippen LogP contribution in [0.25, 0.3) is 10.9 Å². The molecule has 0 spiro atoms. The van der Waals surface area contributed by atoms with E-state index in [9.17, 15) is 0 Å². The summed E-state index contributed by atoms with van der Waals surface area (Å²) < 4.78 is 16.3. The molecule has 2 aromatic rings. The first kappa shape index (κ1) is 28.1. The van der Waals surface area contributed by atoms with Gasteiger partial charge in [0.15, 0.2) is 0 Å². The first-order valence-corrected chi connectivity index (χ1v) is 8.39. The summed E-state index contributed by atoms with van der Waals surface area (Å²) in [7, 11) is 0. The van der Waals surface area contributed by atoms with Gasteiger partial charge in [-0.2, -0.15) is 0 Å². The Morgan fingerprint density at radius 2 is 1.46 bits per heavy atom. The third-order valence-electron chi connectivity index (χ3n) is 2.66. The van der Waals surface area contributed by atoms with Gasteiger partial charge in [0.2, 0.25) is 0 Å². The fourth-order valence-corrected chi connectivity index (χ4v) is 1.77. The number of hydrogen-bond donors (Lipinski definition) is 2. The Kier molecular flexibility index (Phi) is 18.4. The normalized spacial score (nSPS) is 9.11. The minimum absolute atomic E-state index is 0. The van der Waals surface area contributed by atoms with Gasteiger partial charge < -0.3 is 24.4 Å². The van der Waals surface area contributed by atoms with Crippen molar-refractivity contribution in [1.82, 2.24) is 4.98 Å². The quantitative estimate of drug-likeness (QED) is 0.470. The molecule has 0 aliphatic carbocycles. The second-order valence-electron chi connectivity index (χ2n) is 5.03. The Labute approximate surface area is 177 Å². The molecule has 0 radical (unpaired) electrons. The summed E-state index contributed by atoms with van der Waals surface area (Å²) in [6.07, 6.45) is 1.77. The zero-order chi connectivity index (χ0) is 20.5. The number of carbonyl (C=O) groups is 2. The van der Waals surface area contributed by atoms with Crippen LogP contribution in [0.4, 0.5) is 0 Å². The van der Waals surface area contributed by atoms with Crippen LogP contribution >= 0.6 is 0 Å². The Morgan fingerprint density at radius 3 is 2.07 bits per heavy atom. The van der Waals surface area contributed by atoms with Gasteiger partial charge in [0.1, 0.15) is 17.9 Å². The predicted octanol–water partition coefficient (Wildman–Crippen LogP) is 2.85. The summed E-state index contributed by atoms with van der Waals surface area (Å²) in [5, 5.41) is 15.9. The number of aromatic nitrogens is 1. The van der Waals surface area contributed by atoms with Crippen LogP contribution in [-0.2, 0) is 38.5 Å². The van der Waals surface area contributed by atoms with Crippen molar-refractivity contribution in [2.24, 2.45) is 0 Å². The molecule has 0 aliphatic heterocycles. The van der Waals surface area contributed by atoms with Crippen molar-refractivity contribution in [3.05, 3.63) is 36.5 Å². The molecule has 28 heavy (non-hydrogen) atoms. The van der Waals surface area contributed by atoms with E-state index in [1.54, 1.807) is 6.20 Å². The number of hydrogen-bond acceptors (Lipinski definition) is 6. The third kappa shape index (κ3) is 16.1. The van der Waals surface area contributed by atoms with Gasteiger partial charge in [0, 0.05) is 51.5 Å². The number of aliphatic carboxylic acids is 2. The molecule has 2 rings (SSSR count). The summed E-state index contributed by atoms with van der Waals surface area (Å²) in [5.41, 5.74) is 0.888. The van der Waals surface area contributed by atoms with Crippen molar-refractivity contribution >= 4 is 22.8 Å². The van der Waals surface area contributed by atoms with Crippen molar-refractivity contribution in [1.29, 1.82) is 0 Å². The Morgan fingerprint density at radius 1 is 0.929 bits per heavy atom. The Hall–Kier alpha value is -2.09. The molecule has 0 saturated carbocycles. The number of fused-ring (bicyclic) bond motifs is 1. The fraction of sp³-hybridized carbons (Fsp3) is 0.421. The van der Waals surface area contributed by atoms with Crippen molar-refractivity contribution in [3.8, 4) is 5.75 Å². The zero-order valence-corrected chi connectivity index (χ0v) is 19.6. The summed E-state index contributed by atoms with van der Waals surface area (Å²) in [5.74, 6) is -0.869. The van der Waals surface area contributed by atoms with Crippen molar-refractivity contribution in [2.75, 3.05) is 33.0 Å². The molecule has 0 saturated heterocycles. The van der Waals surface area contributed by atoms with Crippen molar-refractivity contribution in [2.45, 2.75) is 20.8 Å². The van der Waals surface area contributed by atoms with E-state index in [4.69, 9.17) is 34.0 Å². The van der Waals surface area contributed by atoms with E-state index in [2.05, 4.69) is 4.98 Å². The molecule has 0 atom stereocenters. The molecule has 2 N–H and O–H groups in total. The van der Waals surface area contributed by atoms with Crippen LogP contribution in [0.15, 0.2) is 36.5 Å². The van der Waals surface area contributed by atoms with E-state index in [0.29, 0.717) is 26.4 Å². The molecular formula is C19H27NO7Zn. The largest absolute Gasteiger partial charge is 0.489 e. The molecule has 0 aliphatic rings. The van der Waals surface area contributed by atoms with E-state index in [0.717, 1.165) is 37.1 Å². The summed E-state index contributed by atoms with van der Waals surface area (Å²) >= 11 is 0. The van der Waals surface area contributed by atoms with Crippen LogP contribution in [0.1, 0.15) is 20.8 Å². The predicted molar refractivity (Wildman–Crippen MR) is 101 cm³/mol. The number of pyridine rings is 1. The maximum absolute atomic E-state index is 9.00. The van der Waals surface area contributed by atoms with Gasteiger partial charge in [-0.15, -0.1) is 0 Å². The molecular weight excluding hydrogens is 420 g/mol. The maximum Gasteiger partial charge on any atom is 0.300 e. The number of carboxylic acids is 2. The first-order valence-electron chi connectivity index (χ1n) is 8.39. The Bertz CT molecular complexity index is 657.